The van der Waals surface area contributed by atoms with Crippen molar-refractivity contribution in [3.8, 4) is 0 Å². The van der Waals surface area contributed by atoms with E-state index in [1.54, 1.807) is 0 Å². The Balaban J connectivity index is 3.09. The normalized spacial score (nSPS) is 10.4. The van der Waals surface area contributed by atoms with Gasteiger partial charge in [0.1, 0.15) is 0 Å². The van der Waals surface area contributed by atoms with Gasteiger partial charge < -0.3 is 5.32 Å². The first kappa shape index (κ1) is 19.9. The molecule has 0 radical (unpaired) electrons. The number of halogens is 1. The Labute approximate surface area is 129 Å². The zero-order valence-electron chi connectivity index (χ0n) is 13.6. The first-order valence-corrected chi connectivity index (χ1v) is 8.43. The minimum absolute atomic E-state index is 0.203. The van der Waals surface area contributed by atoms with Gasteiger partial charge in [0.25, 0.3) is 0 Å². The topological polar surface area (TPSA) is 38.3 Å². The summed E-state index contributed by atoms with van der Waals surface area (Å²) in [6.07, 6.45) is 13.0. The van der Waals surface area contributed by atoms with E-state index >= 15 is 0 Å². The molecule has 0 aliphatic heterocycles. The van der Waals surface area contributed by atoms with E-state index in [-0.39, 0.29) is 6.42 Å². The lowest BCUT2D eigenvalue weighted by atomic mass is 10.0. The molecule has 124 valence electrons. The summed E-state index contributed by atoms with van der Waals surface area (Å²) in [7, 11) is 0. The number of allylic oxidation sites excluding steroid dienone is 1. The average Bonchev–Trinajstić information content (AvgIpc) is 2.48. The molecule has 0 saturated heterocycles. The van der Waals surface area contributed by atoms with Crippen molar-refractivity contribution in [3.63, 3.8) is 0 Å². The van der Waals surface area contributed by atoms with Gasteiger partial charge in [-0.25, -0.2) is 4.79 Å². The van der Waals surface area contributed by atoms with Crippen LogP contribution >= 0.6 is 0 Å². The third-order valence-corrected chi connectivity index (χ3v) is 3.62. The van der Waals surface area contributed by atoms with Crippen molar-refractivity contribution >= 4 is 5.97 Å². The summed E-state index contributed by atoms with van der Waals surface area (Å²) in [5.74, 6) is -0.744. The second-order valence-electron chi connectivity index (χ2n) is 5.62. The number of carbonyl (C=O) groups is 1. The molecule has 4 heteroatoms. The largest absolute Gasteiger partial charge is 0.389 e. The van der Waals surface area contributed by atoms with Gasteiger partial charge in [0.15, 0.2) is 0 Å². The molecule has 0 heterocycles. The van der Waals surface area contributed by atoms with Gasteiger partial charge in [-0.05, 0) is 26.2 Å². The molecule has 0 amide bonds. The Bertz CT molecular complexity index is 270. The van der Waals surface area contributed by atoms with E-state index < -0.39 is 5.97 Å². The molecule has 0 atom stereocenters. The molecule has 0 aromatic heterocycles. The van der Waals surface area contributed by atoms with E-state index in [0.29, 0.717) is 0 Å². The van der Waals surface area contributed by atoms with E-state index in [0.717, 1.165) is 37.9 Å². The number of unbranched alkanes of at least 4 members (excludes halogenated alkanes) is 9. The molecule has 0 bridgehead atoms. The zero-order chi connectivity index (χ0) is 15.8. The lowest BCUT2D eigenvalue weighted by molar-refractivity contribution is -0.183. The van der Waals surface area contributed by atoms with Crippen LogP contribution in [0.1, 0.15) is 84.0 Å². The highest BCUT2D eigenvalue weighted by Crippen LogP contribution is 2.13. The highest BCUT2D eigenvalue weighted by Gasteiger charge is 2.01. The van der Waals surface area contributed by atoms with Crippen LogP contribution in [-0.4, -0.2) is 12.5 Å². The third-order valence-electron chi connectivity index (χ3n) is 3.62. The molecule has 0 saturated carbocycles. The van der Waals surface area contributed by atoms with Gasteiger partial charge in [-0.3, -0.25) is 4.94 Å². The van der Waals surface area contributed by atoms with E-state index in [2.05, 4.69) is 23.8 Å². The third kappa shape index (κ3) is 15.2. The molecule has 0 aliphatic rings. The van der Waals surface area contributed by atoms with Crippen molar-refractivity contribution in [3.05, 3.63) is 12.3 Å². The predicted molar refractivity (Wildman–Crippen MR) is 85.4 cm³/mol. The molecule has 0 aromatic carbocycles. The summed E-state index contributed by atoms with van der Waals surface area (Å²) in [4.78, 5) is 13.7. The van der Waals surface area contributed by atoms with Gasteiger partial charge >= 0.3 is 5.97 Å². The molecule has 0 spiro atoms. The van der Waals surface area contributed by atoms with Crippen molar-refractivity contribution in [2.45, 2.75) is 84.0 Å². The van der Waals surface area contributed by atoms with Gasteiger partial charge in [-0.1, -0.05) is 57.9 Å². The quantitative estimate of drug-likeness (QED) is 0.421. The van der Waals surface area contributed by atoms with E-state index in [1.165, 1.54) is 44.9 Å². The minimum atomic E-state index is -0.744. The Morgan fingerprint density at radius 3 is 1.76 bits per heavy atom. The molecule has 1 N–H and O–H groups in total. The van der Waals surface area contributed by atoms with Crippen LogP contribution in [-0.2, 0) is 9.74 Å². The van der Waals surface area contributed by atoms with Crippen LogP contribution in [0.15, 0.2) is 12.3 Å². The summed E-state index contributed by atoms with van der Waals surface area (Å²) in [6.45, 7) is 7.04. The summed E-state index contributed by atoms with van der Waals surface area (Å²) < 4.78 is 11.4. The first-order chi connectivity index (χ1) is 10.2. The maximum atomic E-state index is 11.4. The Kier molecular flexibility index (Phi) is 14.6. The van der Waals surface area contributed by atoms with E-state index in [4.69, 9.17) is 0 Å². The Morgan fingerprint density at radius 2 is 1.33 bits per heavy atom. The molecule has 0 rings (SSSR count). The van der Waals surface area contributed by atoms with Crippen molar-refractivity contribution in [2.75, 3.05) is 6.54 Å². The van der Waals surface area contributed by atoms with Gasteiger partial charge in [-0.15, -0.1) is 0 Å². The predicted octanol–water partition coefficient (Wildman–Crippen LogP) is 5.22. The molecule has 0 unspecified atom stereocenters. The Morgan fingerprint density at radius 1 is 0.905 bits per heavy atom. The van der Waals surface area contributed by atoms with Crippen LogP contribution in [0.2, 0.25) is 0 Å². The summed E-state index contributed by atoms with van der Waals surface area (Å²) >= 11 is 0. The lowest BCUT2D eigenvalue weighted by Gasteiger charge is -2.06. The zero-order valence-corrected chi connectivity index (χ0v) is 13.6. The maximum absolute atomic E-state index is 11.4. The van der Waals surface area contributed by atoms with Crippen molar-refractivity contribution < 1.29 is 14.3 Å². The van der Waals surface area contributed by atoms with Crippen LogP contribution in [0.4, 0.5) is 4.53 Å². The second-order valence-corrected chi connectivity index (χ2v) is 5.62. The van der Waals surface area contributed by atoms with Crippen LogP contribution < -0.4 is 5.32 Å². The van der Waals surface area contributed by atoms with E-state index in [1.807, 2.05) is 0 Å². The van der Waals surface area contributed by atoms with E-state index in [9.17, 15) is 9.32 Å². The smallest absolute Gasteiger partial charge is 0.348 e. The SMILES string of the molecule is C=C(CCCCCCCCCCCCC(=O)OF)NCC. The number of rotatable bonds is 15. The fourth-order valence-electron chi connectivity index (χ4n) is 2.40. The summed E-state index contributed by atoms with van der Waals surface area (Å²) in [6, 6.07) is 0. The summed E-state index contributed by atoms with van der Waals surface area (Å²) in [5.41, 5.74) is 1.16. The highest BCUT2D eigenvalue weighted by atomic mass is 19.3. The second kappa shape index (κ2) is 15.3. The molecule has 0 fully saturated rings. The van der Waals surface area contributed by atoms with Gasteiger partial charge in [-0.2, -0.15) is 0 Å². The van der Waals surface area contributed by atoms with Crippen LogP contribution in [0.25, 0.3) is 0 Å². The monoisotopic (exact) mass is 301 g/mol. The standard InChI is InChI=1S/C17H32FNO2/c1-3-19-16(2)14-12-10-8-6-4-5-7-9-11-13-15-17(20)21-18/h19H,2-15H2,1H3. The summed E-state index contributed by atoms with van der Waals surface area (Å²) in [5, 5.41) is 3.25. The minimum Gasteiger partial charge on any atom is -0.389 e. The molecule has 21 heavy (non-hydrogen) atoms. The van der Waals surface area contributed by atoms with Crippen LogP contribution in [0.3, 0.4) is 0 Å². The van der Waals surface area contributed by atoms with Crippen LogP contribution in [0.5, 0.6) is 0 Å². The first-order valence-electron chi connectivity index (χ1n) is 8.43. The van der Waals surface area contributed by atoms with Crippen LogP contribution in [0, 0.1) is 0 Å². The maximum Gasteiger partial charge on any atom is 0.348 e. The lowest BCUT2D eigenvalue weighted by Crippen LogP contribution is -2.10. The number of hydrogen-bond donors (Lipinski definition) is 1. The van der Waals surface area contributed by atoms with Gasteiger partial charge in [0.05, 0.1) is 0 Å². The molecule has 0 aromatic rings. The molecule has 0 aliphatic carbocycles. The van der Waals surface area contributed by atoms with Crippen molar-refractivity contribution in [1.82, 2.24) is 5.32 Å². The fraction of sp³-hybridized carbons (Fsp3) is 0.824. The molecular weight excluding hydrogens is 269 g/mol. The number of carbonyl (C=O) groups excluding carboxylic acids is 1. The number of nitrogens with one attached hydrogen (secondary N) is 1. The van der Waals surface area contributed by atoms with Crippen molar-refractivity contribution in [2.24, 2.45) is 0 Å². The molecular formula is C17H32FNO2. The molecule has 3 nitrogen and oxygen atoms in total. The van der Waals surface area contributed by atoms with Gasteiger partial charge in [0, 0.05) is 23.2 Å². The number of hydrogen-bond acceptors (Lipinski definition) is 3. The fourth-order valence-corrected chi connectivity index (χ4v) is 2.40. The average molecular weight is 301 g/mol. The van der Waals surface area contributed by atoms with Gasteiger partial charge in [0.2, 0.25) is 0 Å². The highest BCUT2D eigenvalue weighted by molar-refractivity contribution is 5.68. The van der Waals surface area contributed by atoms with Crippen molar-refractivity contribution in [1.29, 1.82) is 0 Å². The Hall–Kier alpha value is -1.06.